The summed E-state index contributed by atoms with van der Waals surface area (Å²) >= 11 is 5.95. The highest BCUT2D eigenvalue weighted by Crippen LogP contribution is 2.35. The molecular weight excluding hydrogens is 282 g/mol. The summed E-state index contributed by atoms with van der Waals surface area (Å²) in [6.45, 7) is 5.91. The normalized spacial score (nSPS) is 15.6. The standard InChI is InChI=1S/C17H14ClN3/c1-12-15(10-19)8-14(9-18)17(11-20)13(2)21(12)16-6-4-3-5-7-16/h3-7H,2,8-9H2,1H3. The summed E-state index contributed by atoms with van der Waals surface area (Å²) in [5.74, 6) is 0.211. The van der Waals surface area contributed by atoms with E-state index in [1.54, 1.807) is 0 Å². The van der Waals surface area contributed by atoms with Gasteiger partial charge in [0.25, 0.3) is 0 Å². The molecule has 1 heterocycles. The van der Waals surface area contributed by atoms with Gasteiger partial charge in [0.1, 0.15) is 6.07 Å². The fourth-order valence-electron chi connectivity index (χ4n) is 2.39. The summed E-state index contributed by atoms with van der Waals surface area (Å²) in [5.41, 5.74) is 4.00. The van der Waals surface area contributed by atoms with Gasteiger partial charge in [-0.05, 0) is 24.6 Å². The van der Waals surface area contributed by atoms with Gasteiger partial charge in [0.05, 0.1) is 22.9 Å². The molecule has 0 fully saturated rings. The smallest absolute Gasteiger partial charge is 0.101 e. The van der Waals surface area contributed by atoms with Crippen molar-refractivity contribution in [3.63, 3.8) is 0 Å². The summed E-state index contributed by atoms with van der Waals surface area (Å²) < 4.78 is 0. The highest BCUT2D eigenvalue weighted by Gasteiger charge is 2.25. The van der Waals surface area contributed by atoms with Crippen molar-refractivity contribution in [1.82, 2.24) is 0 Å². The number of rotatable bonds is 2. The Hall–Kier alpha value is -2.49. The second-order valence-corrected chi connectivity index (χ2v) is 4.96. The summed E-state index contributed by atoms with van der Waals surface area (Å²) in [4.78, 5) is 1.84. The van der Waals surface area contributed by atoms with Crippen LogP contribution in [0.4, 0.5) is 5.69 Å². The van der Waals surface area contributed by atoms with Crippen molar-refractivity contribution in [2.75, 3.05) is 10.8 Å². The van der Waals surface area contributed by atoms with Crippen LogP contribution in [0.3, 0.4) is 0 Å². The predicted octanol–water partition coefficient (Wildman–Crippen LogP) is 4.27. The van der Waals surface area contributed by atoms with Gasteiger partial charge in [-0.3, -0.25) is 0 Å². The first kappa shape index (κ1) is 14.9. The molecule has 0 amide bonds. The molecule has 104 valence electrons. The Kier molecular flexibility index (Phi) is 4.48. The van der Waals surface area contributed by atoms with E-state index in [1.807, 2.05) is 42.2 Å². The average molecular weight is 296 g/mol. The van der Waals surface area contributed by atoms with Crippen LogP contribution < -0.4 is 4.90 Å². The minimum absolute atomic E-state index is 0.211. The van der Waals surface area contributed by atoms with Gasteiger partial charge in [-0.25, -0.2) is 0 Å². The van der Waals surface area contributed by atoms with Crippen LogP contribution in [-0.2, 0) is 0 Å². The Morgan fingerprint density at radius 2 is 1.90 bits per heavy atom. The molecule has 1 aromatic rings. The van der Waals surface area contributed by atoms with Crippen LogP contribution in [-0.4, -0.2) is 5.88 Å². The Labute approximate surface area is 129 Å². The topological polar surface area (TPSA) is 50.8 Å². The second-order valence-electron chi connectivity index (χ2n) is 4.69. The SMILES string of the molecule is C=C1C(C#N)=C(CCl)CC(C#N)=C(C)N1c1ccccc1. The van der Waals surface area contributed by atoms with Crippen LogP contribution >= 0.6 is 11.6 Å². The number of anilines is 1. The number of alkyl halides is 1. The zero-order valence-electron chi connectivity index (χ0n) is 11.7. The molecule has 2 rings (SSSR count). The molecule has 0 aliphatic carbocycles. The number of benzene rings is 1. The maximum absolute atomic E-state index is 9.44. The number of hydrogen-bond donors (Lipinski definition) is 0. The lowest BCUT2D eigenvalue weighted by atomic mass is 10.0. The third-order valence-electron chi connectivity index (χ3n) is 3.50. The maximum Gasteiger partial charge on any atom is 0.101 e. The van der Waals surface area contributed by atoms with Gasteiger partial charge >= 0.3 is 0 Å². The van der Waals surface area contributed by atoms with Crippen LogP contribution in [0.15, 0.2) is 65.0 Å². The summed E-state index contributed by atoms with van der Waals surface area (Å²) in [7, 11) is 0. The van der Waals surface area contributed by atoms with E-state index in [1.165, 1.54) is 0 Å². The zero-order valence-corrected chi connectivity index (χ0v) is 12.5. The molecule has 3 nitrogen and oxygen atoms in total. The first-order valence-corrected chi connectivity index (χ1v) is 6.99. The molecule has 1 aromatic carbocycles. The molecule has 0 unspecified atom stereocenters. The molecule has 0 aromatic heterocycles. The molecule has 0 bridgehead atoms. The van der Waals surface area contributed by atoms with E-state index in [9.17, 15) is 10.5 Å². The van der Waals surface area contributed by atoms with Gasteiger partial charge in [0, 0.05) is 23.7 Å². The largest absolute Gasteiger partial charge is 0.313 e. The molecule has 0 radical (unpaired) electrons. The number of halogens is 1. The minimum Gasteiger partial charge on any atom is -0.313 e. The molecule has 0 atom stereocenters. The molecule has 1 aliphatic heterocycles. The van der Waals surface area contributed by atoms with E-state index >= 15 is 0 Å². The van der Waals surface area contributed by atoms with Gasteiger partial charge in [-0.15, -0.1) is 11.6 Å². The fraction of sp³-hybridized carbons (Fsp3) is 0.176. The van der Waals surface area contributed by atoms with E-state index in [-0.39, 0.29) is 5.88 Å². The molecule has 0 saturated heterocycles. The van der Waals surface area contributed by atoms with E-state index in [4.69, 9.17) is 11.6 Å². The highest BCUT2D eigenvalue weighted by molar-refractivity contribution is 6.19. The highest BCUT2D eigenvalue weighted by atomic mass is 35.5. The van der Waals surface area contributed by atoms with Gasteiger partial charge in [-0.2, -0.15) is 10.5 Å². The zero-order chi connectivity index (χ0) is 15.4. The minimum atomic E-state index is 0.211. The predicted molar refractivity (Wildman–Crippen MR) is 84.4 cm³/mol. The van der Waals surface area contributed by atoms with E-state index in [0.717, 1.165) is 17.0 Å². The molecule has 0 N–H and O–H groups in total. The third-order valence-corrected chi connectivity index (χ3v) is 3.82. The number of allylic oxidation sites excluding steroid dienone is 4. The van der Waals surface area contributed by atoms with Crippen LogP contribution in [0, 0.1) is 22.7 Å². The van der Waals surface area contributed by atoms with Crippen LogP contribution in [0.1, 0.15) is 13.3 Å². The van der Waals surface area contributed by atoms with Crippen molar-refractivity contribution in [2.24, 2.45) is 0 Å². The number of nitriles is 2. The first-order valence-electron chi connectivity index (χ1n) is 6.46. The molecule has 0 spiro atoms. The number of nitrogens with zero attached hydrogens (tertiary/aromatic N) is 3. The van der Waals surface area contributed by atoms with Crippen molar-refractivity contribution in [2.45, 2.75) is 13.3 Å². The maximum atomic E-state index is 9.44. The average Bonchev–Trinajstić information content (AvgIpc) is 2.61. The lowest BCUT2D eigenvalue weighted by molar-refractivity contribution is 1.07. The fourth-order valence-corrected chi connectivity index (χ4v) is 2.62. The monoisotopic (exact) mass is 295 g/mol. The van der Waals surface area contributed by atoms with Crippen molar-refractivity contribution in [1.29, 1.82) is 10.5 Å². The van der Waals surface area contributed by atoms with Gasteiger partial charge in [0.15, 0.2) is 0 Å². The lowest BCUT2D eigenvalue weighted by Crippen LogP contribution is -2.20. The Morgan fingerprint density at radius 3 is 2.43 bits per heavy atom. The Bertz CT molecular complexity index is 715. The molecule has 4 heteroatoms. The van der Waals surface area contributed by atoms with Crippen LogP contribution in [0.5, 0.6) is 0 Å². The van der Waals surface area contributed by atoms with E-state index in [2.05, 4.69) is 18.7 Å². The van der Waals surface area contributed by atoms with E-state index < -0.39 is 0 Å². The molecule has 0 saturated carbocycles. The summed E-state index contributed by atoms with van der Waals surface area (Å²) in [5, 5.41) is 18.8. The van der Waals surface area contributed by atoms with Gasteiger partial charge in [0.2, 0.25) is 0 Å². The summed E-state index contributed by atoms with van der Waals surface area (Å²) in [6.07, 6.45) is 0.386. The van der Waals surface area contributed by atoms with Crippen molar-refractivity contribution >= 4 is 17.3 Å². The van der Waals surface area contributed by atoms with Crippen molar-refractivity contribution in [3.05, 3.63) is 65.0 Å². The van der Waals surface area contributed by atoms with Gasteiger partial charge in [-0.1, -0.05) is 24.8 Å². The second kappa shape index (κ2) is 6.31. The van der Waals surface area contributed by atoms with Crippen LogP contribution in [0.2, 0.25) is 0 Å². The lowest BCUT2D eigenvalue weighted by Gasteiger charge is -2.26. The number of hydrogen-bond acceptors (Lipinski definition) is 3. The molecular formula is C17H14ClN3. The molecule has 1 aliphatic rings. The molecule has 21 heavy (non-hydrogen) atoms. The van der Waals surface area contributed by atoms with Gasteiger partial charge < -0.3 is 4.90 Å². The van der Waals surface area contributed by atoms with Crippen molar-refractivity contribution < 1.29 is 0 Å². The quantitative estimate of drug-likeness (QED) is 0.766. The Balaban J connectivity index is 2.68. The van der Waals surface area contributed by atoms with Crippen molar-refractivity contribution in [3.8, 4) is 12.1 Å². The Morgan fingerprint density at radius 1 is 1.24 bits per heavy atom. The first-order chi connectivity index (χ1) is 10.1. The number of para-hydroxylation sites is 1. The van der Waals surface area contributed by atoms with Crippen LogP contribution in [0.25, 0.3) is 0 Å². The van der Waals surface area contributed by atoms with E-state index in [0.29, 0.717) is 23.3 Å². The summed E-state index contributed by atoms with van der Waals surface area (Å²) in [6, 6.07) is 14.0. The third kappa shape index (κ3) is 2.70.